The summed E-state index contributed by atoms with van der Waals surface area (Å²) >= 11 is 1.96. The molecule has 0 radical (unpaired) electrons. The largest absolute Gasteiger partial charge is 0.294 e. The van der Waals surface area contributed by atoms with Crippen molar-refractivity contribution < 1.29 is 9.18 Å². The second kappa shape index (κ2) is 5.86. The topological polar surface area (TPSA) is 17.1 Å². The number of Topliss-reactive ketones (excluding diaryl/α,β-unsaturated/α-hetero) is 1. The van der Waals surface area contributed by atoms with Gasteiger partial charge in [-0.2, -0.15) is 0 Å². The fraction of sp³-hybridized carbons (Fsp3) is 0.250. The molecule has 0 aromatic heterocycles. The lowest BCUT2D eigenvalue weighted by atomic mass is 10.1. The van der Waals surface area contributed by atoms with Crippen LogP contribution in [0.5, 0.6) is 0 Å². The lowest BCUT2D eigenvalue weighted by Crippen LogP contribution is -2.01. The maximum atomic E-state index is 12.8. The number of ketones is 1. The minimum absolute atomic E-state index is 0.0228. The van der Waals surface area contributed by atoms with Gasteiger partial charge in [-0.25, -0.2) is 4.39 Å². The number of halogens is 2. The monoisotopic (exact) mass is 316 g/mol. The van der Waals surface area contributed by atoms with Crippen LogP contribution >= 0.6 is 22.6 Å². The smallest absolute Gasteiger partial charge is 0.163 e. The summed E-state index contributed by atoms with van der Waals surface area (Å²) in [6, 6.07) is 4.18. The Morgan fingerprint density at radius 1 is 1.53 bits per heavy atom. The summed E-state index contributed by atoms with van der Waals surface area (Å²) in [5, 5.41) is 0. The highest BCUT2D eigenvalue weighted by Crippen LogP contribution is 2.16. The third kappa shape index (κ3) is 3.63. The van der Waals surface area contributed by atoms with E-state index in [2.05, 4.69) is 5.92 Å². The van der Waals surface area contributed by atoms with Crippen LogP contribution in [0.3, 0.4) is 0 Å². The van der Waals surface area contributed by atoms with Gasteiger partial charge >= 0.3 is 0 Å². The third-order valence-electron chi connectivity index (χ3n) is 1.96. The van der Waals surface area contributed by atoms with Crippen LogP contribution < -0.4 is 0 Å². The van der Waals surface area contributed by atoms with Crippen LogP contribution in [0.15, 0.2) is 18.2 Å². The van der Waals surface area contributed by atoms with E-state index in [-0.39, 0.29) is 11.6 Å². The minimum atomic E-state index is -0.320. The van der Waals surface area contributed by atoms with Crippen molar-refractivity contribution in [1.82, 2.24) is 0 Å². The predicted molar refractivity (Wildman–Crippen MR) is 66.1 cm³/mol. The van der Waals surface area contributed by atoms with Gasteiger partial charge in [-0.3, -0.25) is 4.79 Å². The van der Waals surface area contributed by atoms with Crippen LogP contribution in [0.2, 0.25) is 0 Å². The second-order valence-electron chi connectivity index (χ2n) is 3.11. The van der Waals surface area contributed by atoms with Crippen LogP contribution in [-0.4, -0.2) is 5.78 Å². The van der Waals surface area contributed by atoms with E-state index in [4.69, 9.17) is 6.42 Å². The lowest BCUT2D eigenvalue weighted by Gasteiger charge is -2.02. The first kappa shape index (κ1) is 12.2. The molecule has 0 bridgehead atoms. The number of hydrogen-bond acceptors (Lipinski definition) is 1. The van der Waals surface area contributed by atoms with Crippen LogP contribution in [0.1, 0.15) is 29.6 Å². The van der Waals surface area contributed by atoms with Crippen LogP contribution in [0, 0.1) is 21.7 Å². The third-order valence-corrected chi connectivity index (χ3v) is 2.85. The Balaban J connectivity index is 2.70. The molecule has 1 nitrogen and oxygen atoms in total. The molecule has 0 spiro atoms. The Labute approximate surface area is 102 Å². The molecule has 0 atom stereocenters. The average Bonchev–Trinajstić information content (AvgIpc) is 2.17. The van der Waals surface area contributed by atoms with Crippen molar-refractivity contribution in [3.63, 3.8) is 0 Å². The fourth-order valence-electron chi connectivity index (χ4n) is 1.20. The zero-order valence-corrected chi connectivity index (χ0v) is 10.3. The molecule has 0 saturated carbocycles. The zero-order chi connectivity index (χ0) is 11.3. The van der Waals surface area contributed by atoms with E-state index in [9.17, 15) is 9.18 Å². The Morgan fingerprint density at radius 2 is 2.27 bits per heavy atom. The number of terminal acetylenes is 1. The van der Waals surface area contributed by atoms with E-state index in [0.717, 1.165) is 0 Å². The van der Waals surface area contributed by atoms with Gasteiger partial charge in [0.1, 0.15) is 5.82 Å². The Morgan fingerprint density at radius 3 is 2.87 bits per heavy atom. The first-order valence-electron chi connectivity index (χ1n) is 4.57. The van der Waals surface area contributed by atoms with Crippen molar-refractivity contribution in [2.24, 2.45) is 0 Å². The molecule has 0 fully saturated rings. The summed E-state index contributed by atoms with van der Waals surface area (Å²) in [7, 11) is 0. The molecule has 0 heterocycles. The van der Waals surface area contributed by atoms with Gasteiger partial charge in [0.05, 0.1) is 0 Å². The Kier molecular flexibility index (Phi) is 4.76. The molecule has 0 saturated heterocycles. The van der Waals surface area contributed by atoms with E-state index in [1.165, 1.54) is 18.2 Å². The normalized spacial score (nSPS) is 9.67. The van der Waals surface area contributed by atoms with Crippen molar-refractivity contribution in [3.8, 4) is 12.3 Å². The van der Waals surface area contributed by atoms with Gasteiger partial charge in [0.2, 0.25) is 0 Å². The van der Waals surface area contributed by atoms with Gasteiger partial charge in [-0.1, -0.05) is 0 Å². The second-order valence-corrected chi connectivity index (χ2v) is 4.27. The molecule has 0 aliphatic rings. The highest BCUT2D eigenvalue weighted by molar-refractivity contribution is 14.1. The number of rotatable bonds is 4. The molecule has 15 heavy (non-hydrogen) atoms. The van der Waals surface area contributed by atoms with Gasteiger partial charge in [-0.05, 0) is 47.2 Å². The minimum Gasteiger partial charge on any atom is -0.294 e. The zero-order valence-electron chi connectivity index (χ0n) is 8.09. The molecule has 1 aromatic carbocycles. The first-order chi connectivity index (χ1) is 7.15. The summed E-state index contributed by atoms with van der Waals surface area (Å²) in [6.07, 6.45) is 6.80. The van der Waals surface area contributed by atoms with Crippen molar-refractivity contribution >= 4 is 28.4 Å². The SMILES string of the molecule is C#CCCCC(=O)c1ccc(F)cc1I. The molecule has 0 unspecified atom stereocenters. The molecular weight excluding hydrogens is 306 g/mol. The van der Waals surface area contributed by atoms with Gasteiger partial charge < -0.3 is 0 Å². The standard InChI is InChI=1S/C12H10FIO/c1-2-3-4-5-12(15)10-7-6-9(13)8-11(10)14/h1,6-8H,3-5H2. The van der Waals surface area contributed by atoms with Crippen molar-refractivity contribution in [2.75, 3.05) is 0 Å². The van der Waals surface area contributed by atoms with Gasteiger partial charge in [-0.15, -0.1) is 12.3 Å². The average molecular weight is 316 g/mol. The maximum absolute atomic E-state index is 12.8. The summed E-state index contributed by atoms with van der Waals surface area (Å²) < 4.78 is 13.4. The van der Waals surface area contributed by atoms with Gasteiger partial charge in [0.15, 0.2) is 5.78 Å². The Bertz CT molecular complexity index is 407. The van der Waals surface area contributed by atoms with Crippen molar-refractivity contribution in [3.05, 3.63) is 33.1 Å². The van der Waals surface area contributed by atoms with Gasteiger partial charge in [0, 0.05) is 22.0 Å². The molecule has 78 valence electrons. The van der Waals surface area contributed by atoms with Gasteiger partial charge in [0.25, 0.3) is 0 Å². The first-order valence-corrected chi connectivity index (χ1v) is 5.64. The van der Waals surface area contributed by atoms with E-state index in [0.29, 0.717) is 28.4 Å². The summed E-state index contributed by atoms with van der Waals surface area (Å²) in [4.78, 5) is 11.7. The number of benzene rings is 1. The lowest BCUT2D eigenvalue weighted by molar-refractivity contribution is 0.0979. The van der Waals surface area contributed by atoms with E-state index < -0.39 is 0 Å². The molecular formula is C12H10FIO. The summed E-state index contributed by atoms with van der Waals surface area (Å²) in [5.41, 5.74) is 0.578. The van der Waals surface area contributed by atoms with Crippen LogP contribution in [-0.2, 0) is 0 Å². The Hall–Kier alpha value is -0.890. The molecule has 0 aliphatic heterocycles. The molecule has 1 rings (SSSR count). The number of carbonyl (C=O) groups excluding carboxylic acids is 1. The van der Waals surface area contributed by atoms with E-state index in [1.54, 1.807) is 0 Å². The number of hydrogen-bond donors (Lipinski definition) is 0. The summed E-state index contributed by atoms with van der Waals surface area (Å²) in [6.45, 7) is 0. The quantitative estimate of drug-likeness (QED) is 0.360. The molecule has 1 aromatic rings. The van der Waals surface area contributed by atoms with Crippen molar-refractivity contribution in [1.29, 1.82) is 0 Å². The van der Waals surface area contributed by atoms with E-state index >= 15 is 0 Å². The predicted octanol–water partition coefficient (Wildman–Crippen LogP) is 3.42. The van der Waals surface area contributed by atoms with Crippen LogP contribution in [0.4, 0.5) is 4.39 Å². The molecule has 0 aliphatic carbocycles. The number of unbranched alkanes of at least 4 members (excludes halogenated alkanes) is 1. The highest BCUT2D eigenvalue weighted by atomic mass is 127. The molecule has 3 heteroatoms. The highest BCUT2D eigenvalue weighted by Gasteiger charge is 2.09. The van der Waals surface area contributed by atoms with Crippen LogP contribution in [0.25, 0.3) is 0 Å². The number of carbonyl (C=O) groups is 1. The fourth-order valence-corrected chi connectivity index (χ4v) is 1.98. The molecule has 0 amide bonds. The summed E-state index contributed by atoms with van der Waals surface area (Å²) in [5.74, 6) is 2.19. The van der Waals surface area contributed by atoms with Crippen molar-refractivity contribution in [2.45, 2.75) is 19.3 Å². The molecule has 0 N–H and O–H groups in total. The van der Waals surface area contributed by atoms with E-state index in [1.807, 2.05) is 22.6 Å². The maximum Gasteiger partial charge on any atom is 0.163 e.